The first-order valence-electron chi connectivity index (χ1n) is 12.8. The van der Waals surface area contributed by atoms with Gasteiger partial charge in [-0.05, 0) is 30.4 Å². The van der Waals surface area contributed by atoms with E-state index in [2.05, 4.69) is 38.4 Å². The van der Waals surface area contributed by atoms with E-state index < -0.39 is 0 Å². The number of allylic oxidation sites excluding steroid dienone is 1. The van der Waals surface area contributed by atoms with Gasteiger partial charge in [0, 0.05) is 67.2 Å². The lowest BCUT2D eigenvalue weighted by Crippen LogP contribution is -2.39. The van der Waals surface area contributed by atoms with Crippen LogP contribution >= 0.6 is 0 Å². The van der Waals surface area contributed by atoms with Crippen molar-refractivity contribution in [2.45, 2.75) is 32.7 Å². The molecule has 1 amide bonds. The van der Waals surface area contributed by atoms with Gasteiger partial charge in [0.25, 0.3) is 5.91 Å². The second-order valence-electron chi connectivity index (χ2n) is 9.95. The van der Waals surface area contributed by atoms with Gasteiger partial charge >= 0.3 is 0 Å². The van der Waals surface area contributed by atoms with Crippen LogP contribution < -0.4 is 0 Å². The minimum Gasteiger partial charge on any atom is -0.338 e. The molecule has 1 saturated heterocycles. The van der Waals surface area contributed by atoms with Crippen molar-refractivity contribution in [1.29, 1.82) is 5.26 Å². The Balaban J connectivity index is 1.24. The SMILES string of the molecule is CC(C)/C=C(/C#N)C(=O)N1CCC(n2cc(-c3cnc(-c4cccc(-c5cnn(C)c5)c4)nc3)cn2)CC1. The van der Waals surface area contributed by atoms with Crippen LogP contribution in [0.25, 0.3) is 33.6 Å². The molecule has 3 aromatic heterocycles. The summed E-state index contributed by atoms with van der Waals surface area (Å²) >= 11 is 0. The highest BCUT2D eigenvalue weighted by Crippen LogP contribution is 2.28. The Morgan fingerprint density at radius 1 is 0.974 bits per heavy atom. The maximum absolute atomic E-state index is 12.7. The maximum Gasteiger partial charge on any atom is 0.264 e. The first kappa shape index (κ1) is 25.1. The Morgan fingerprint density at radius 3 is 2.32 bits per heavy atom. The molecule has 0 N–H and O–H groups in total. The Morgan fingerprint density at radius 2 is 1.66 bits per heavy atom. The van der Waals surface area contributed by atoms with Crippen LogP contribution in [0.2, 0.25) is 0 Å². The number of hydrogen-bond donors (Lipinski definition) is 0. The molecule has 9 heteroatoms. The van der Waals surface area contributed by atoms with E-state index in [1.165, 1.54) is 0 Å². The Kier molecular flexibility index (Phi) is 7.13. The summed E-state index contributed by atoms with van der Waals surface area (Å²) in [5.41, 5.74) is 5.13. The van der Waals surface area contributed by atoms with Gasteiger partial charge in [-0.3, -0.25) is 14.2 Å². The van der Waals surface area contributed by atoms with Crippen molar-refractivity contribution in [2.24, 2.45) is 13.0 Å². The molecule has 0 aliphatic carbocycles. The van der Waals surface area contributed by atoms with E-state index in [1.807, 2.05) is 74.9 Å². The highest BCUT2D eigenvalue weighted by molar-refractivity contribution is 5.97. The molecule has 1 fully saturated rings. The van der Waals surface area contributed by atoms with Gasteiger partial charge in [-0.15, -0.1) is 0 Å². The smallest absolute Gasteiger partial charge is 0.264 e. The van der Waals surface area contributed by atoms with Gasteiger partial charge in [-0.1, -0.05) is 38.1 Å². The van der Waals surface area contributed by atoms with Gasteiger partial charge in [-0.2, -0.15) is 15.5 Å². The van der Waals surface area contributed by atoms with E-state index >= 15 is 0 Å². The third-order valence-corrected chi connectivity index (χ3v) is 6.72. The standard InChI is InChI=1S/C29H30N8O/c1-20(2)11-23(13-30)29(38)36-9-7-27(8-10-36)37-19-26(17-34-37)24-14-31-28(32-15-24)22-6-4-5-21(12-22)25-16-33-35(3)18-25/h4-6,11-12,14-20,27H,7-10H2,1-3H3/b23-11-. The van der Waals surface area contributed by atoms with Gasteiger partial charge in [0.2, 0.25) is 0 Å². The van der Waals surface area contributed by atoms with Crippen molar-refractivity contribution in [2.75, 3.05) is 13.1 Å². The number of amides is 1. The maximum atomic E-state index is 12.7. The largest absolute Gasteiger partial charge is 0.338 e. The third-order valence-electron chi connectivity index (χ3n) is 6.72. The Hall–Kier alpha value is -4.58. The lowest BCUT2D eigenvalue weighted by atomic mass is 10.0. The molecule has 9 nitrogen and oxygen atoms in total. The number of nitrogens with zero attached hydrogens (tertiary/aromatic N) is 8. The van der Waals surface area contributed by atoms with Gasteiger partial charge in [0.05, 0.1) is 18.4 Å². The summed E-state index contributed by atoms with van der Waals surface area (Å²) in [6, 6.07) is 10.4. The van der Waals surface area contributed by atoms with E-state index in [-0.39, 0.29) is 23.4 Å². The van der Waals surface area contributed by atoms with Crippen LogP contribution in [-0.2, 0) is 11.8 Å². The first-order valence-corrected chi connectivity index (χ1v) is 12.8. The molecule has 0 saturated carbocycles. The van der Waals surface area contributed by atoms with E-state index in [1.54, 1.807) is 15.7 Å². The topological polar surface area (TPSA) is 106 Å². The fraction of sp³-hybridized carbons (Fsp3) is 0.310. The molecule has 1 aliphatic rings. The summed E-state index contributed by atoms with van der Waals surface area (Å²) in [6.45, 7) is 5.13. The number of aromatic nitrogens is 6. The van der Waals surface area contributed by atoms with Crippen LogP contribution in [0.15, 0.2) is 73.1 Å². The first-order chi connectivity index (χ1) is 18.4. The molecule has 0 spiro atoms. The molecule has 0 unspecified atom stereocenters. The molecule has 38 heavy (non-hydrogen) atoms. The van der Waals surface area contributed by atoms with Gasteiger partial charge in [-0.25, -0.2) is 9.97 Å². The van der Waals surface area contributed by atoms with E-state index in [4.69, 9.17) is 0 Å². The molecule has 1 aromatic carbocycles. The average molecular weight is 507 g/mol. The van der Waals surface area contributed by atoms with Crippen molar-refractivity contribution >= 4 is 5.91 Å². The zero-order valence-electron chi connectivity index (χ0n) is 21.8. The van der Waals surface area contributed by atoms with Crippen molar-refractivity contribution in [3.63, 3.8) is 0 Å². The minimum atomic E-state index is -0.177. The van der Waals surface area contributed by atoms with E-state index in [0.29, 0.717) is 18.9 Å². The van der Waals surface area contributed by atoms with Crippen LogP contribution in [0, 0.1) is 17.2 Å². The predicted molar refractivity (Wildman–Crippen MR) is 144 cm³/mol. The number of likely N-dealkylation sites (tertiary alicyclic amines) is 1. The minimum absolute atomic E-state index is 0.156. The molecule has 0 bridgehead atoms. The van der Waals surface area contributed by atoms with Crippen LogP contribution in [0.4, 0.5) is 0 Å². The summed E-state index contributed by atoms with van der Waals surface area (Å²) in [7, 11) is 1.90. The quantitative estimate of drug-likeness (QED) is 0.278. The van der Waals surface area contributed by atoms with Gasteiger partial charge in [0.1, 0.15) is 11.6 Å². The number of nitriles is 1. The molecule has 0 radical (unpaired) electrons. The molecule has 0 atom stereocenters. The van der Waals surface area contributed by atoms with Crippen molar-refractivity contribution in [3.8, 4) is 39.7 Å². The summed E-state index contributed by atoms with van der Waals surface area (Å²) in [5.74, 6) is 0.639. The van der Waals surface area contributed by atoms with Crippen LogP contribution in [0.3, 0.4) is 0 Å². The monoisotopic (exact) mass is 506 g/mol. The summed E-state index contributed by atoms with van der Waals surface area (Å²) < 4.78 is 3.75. The Labute approximate surface area is 222 Å². The number of aryl methyl sites for hydroxylation is 1. The Bertz CT molecular complexity index is 1500. The molecule has 4 aromatic rings. The highest BCUT2D eigenvalue weighted by atomic mass is 16.2. The van der Waals surface area contributed by atoms with Crippen LogP contribution in [-0.4, -0.2) is 53.4 Å². The van der Waals surface area contributed by atoms with E-state index in [9.17, 15) is 10.1 Å². The number of piperidine rings is 1. The molecule has 4 heterocycles. The molecule has 192 valence electrons. The van der Waals surface area contributed by atoms with Crippen molar-refractivity contribution in [1.82, 2.24) is 34.4 Å². The average Bonchev–Trinajstić information content (AvgIpc) is 3.61. The second-order valence-corrected chi connectivity index (χ2v) is 9.95. The van der Waals surface area contributed by atoms with E-state index in [0.717, 1.165) is 40.7 Å². The number of benzene rings is 1. The summed E-state index contributed by atoms with van der Waals surface area (Å²) in [5, 5.41) is 18.2. The number of carbonyl (C=O) groups is 1. The fourth-order valence-corrected chi connectivity index (χ4v) is 4.71. The number of rotatable bonds is 6. The second kappa shape index (κ2) is 10.8. The fourth-order valence-electron chi connectivity index (χ4n) is 4.71. The number of hydrogen-bond acceptors (Lipinski definition) is 6. The normalized spacial score (nSPS) is 14.6. The molecule has 5 rings (SSSR count). The lowest BCUT2D eigenvalue weighted by molar-refractivity contribution is -0.128. The number of carbonyl (C=O) groups excluding carboxylic acids is 1. The van der Waals surface area contributed by atoms with Crippen LogP contribution in [0.1, 0.15) is 32.7 Å². The predicted octanol–water partition coefficient (Wildman–Crippen LogP) is 4.68. The van der Waals surface area contributed by atoms with Crippen molar-refractivity contribution < 1.29 is 4.79 Å². The molecular formula is C29H30N8O. The lowest BCUT2D eigenvalue weighted by Gasteiger charge is -2.32. The van der Waals surface area contributed by atoms with Gasteiger partial charge in [0.15, 0.2) is 5.82 Å². The zero-order valence-corrected chi connectivity index (χ0v) is 21.8. The van der Waals surface area contributed by atoms with Crippen LogP contribution in [0.5, 0.6) is 0 Å². The summed E-state index contributed by atoms with van der Waals surface area (Å²) in [4.78, 5) is 23.7. The zero-order chi connectivity index (χ0) is 26.6. The third kappa shape index (κ3) is 5.39. The summed E-state index contributed by atoms with van der Waals surface area (Å²) in [6.07, 6.45) is 14.6. The highest BCUT2D eigenvalue weighted by Gasteiger charge is 2.26. The van der Waals surface area contributed by atoms with Crippen molar-refractivity contribution in [3.05, 3.63) is 73.1 Å². The molecule has 1 aliphatic heterocycles. The van der Waals surface area contributed by atoms with Gasteiger partial charge < -0.3 is 4.90 Å². The molecular weight excluding hydrogens is 476 g/mol.